The van der Waals surface area contributed by atoms with Gasteiger partial charge in [0.15, 0.2) is 0 Å². The topological polar surface area (TPSA) is 105 Å². The number of carbonyl (C=O) groups is 3. The van der Waals surface area contributed by atoms with Crippen molar-refractivity contribution in [3.63, 3.8) is 0 Å². The Morgan fingerprint density at radius 1 is 0.750 bits per heavy atom. The molecule has 4 rings (SSSR count). The number of hydrogen-bond acceptors (Lipinski definition) is 7. The van der Waals surface area contributed by atoms with Crippen LogP contribution in [0.2, 0.25) is 0 Å². The van der Waals surface area contributed by atoms with E-state index in [9.17, 15) is 14.4 Å². The third kappa shape index (κ3) is 5.50. The molecule has 0 aromatic heterocycles. The fourth-order valence-electron chi connectivity index (χ4n) is 5.07. The van der Waals surface area contributed by atoms with Crippen LogP contribution in [-0.2, 0) is 27.1 Å². The molecule has 0 saturated carbocycles. The van der Waals surface area contributed by atoms with E-state index in [1.807, 2.05) is 30.3 Å². The fourth-order valence-corrected chi connectivity index (χ4v) is 5.07. The van der Waals surface area contributed by atoms with E-state index in [0.717, 1.165) is 27.8 Å². The zero-order valence-electron chi connectivity index (χ0n) is 23.6. The molecule has 0 bridgehead atoms. The minimum absolute atomic E-state index is 0.0619. The predicted molar refractivity (Wildman–Crippen MR) is 155 cm³/mol. The monoisotopic (exact) mass is 541 g/mol. The Labute approximate surface area is 234 Å². The van der Waals surface area contributed by atoms with Crippen molar-refractivity contribution in [1.82, 2.24) is 0 Å². The molecule has 4 aliphatic carbocycles. The van der Waals surface area contributed by atoms with E-state index < -0.39 is 11.9 Å². The third-order valence-corrected chi connectivity index (χ3v) is 7.12. The number of aryl methyl sites for hydroxylation is 2. The van der Waals surface area contributed by atoms with Gasteiger partial charge in [-0.3, -0.25) is 0 Å². The molecule has 0 atom stereocenters. The quantitative estimate of drug-likeness (QED) is 0.190. The Morgan fingerprint density at radius 2 is 1.35 bits per heavy atom. The maximum absolute atomic E-state index is 12.8. The van der Waals surface area contributed by atoms with Crippen LogP contribution in [0.25, 0.3) is 22.3 Å². The first-order chi connectivity index (χ1) is 19.2. The highest BCUT2D eigenvalue weighted by Gasteiger charge is 2.30. The summed E-state index contributed by atoms with van der Waals surface area (Å²) in [5.41, 5.74) is 13.3. The minimum Gasteiger partial charge on any atom is -0.465 e. The van der Waals surface area contributed by atoms with Gasteiger partial charge in [-0.15, -0.1) is 0 Å². The zero-order chi connectivity index (χ0) is 29.0. The molecule has 2 N–H and O–H groups in total. The van der Waals surface area contributed by atoms with Crippen molar-refractivity contribution in [2.24, 2.45) is 0 Å². The molecule has 0 radical (unpaired) electrons. The van der Waals surface area contributed by atoms with Crippen molar-refractivity contribution >= 4 is 23.6 Å². The summed E-state index contributed by atoms with van der Waals surface area (Å²) in [5.74, 6) is -1.22. The molecule has 0 amide bonds. The minimum atomic E-state index is -0.583. The highest BCUT2D eigenvalue weighted by atomic mass is 16.5. The van der Waals surface area contributed by atoms with Crippen molar-refractivity contribution < 1.29 is 28.6 Å². The van der Waals surface area contributed by atoms with E-state index in [-0.39, 0.29) is 36.0 Å². The van der Waals surface area contributed by atoms with Crippen LogP contribution in [0.5, 0.6) is 0 Å². The number of anilines is 1. The molecular weight excluding hydrogens is 506 g/mol. The van der Waals surface area contributed by atoms with Crippen LogP contribution in [-0.4, -0.2) is 38.2 Å². The SMILES string of the molecule is CCOC(=O)c1c2ccc(CCc3cc(C(=O)OC)c4cc(C(C)C)cccc3-4)ccc-2c(C(=O)OCC)c1N. The van der Waals surface area contributed by atoms with Crippen molar-refractivity contribution in [1.29, 1.82) is 0 Å². The highest BCUT2D eigenvalue weighted by Crippen LogP contribution is 2.40. The number of methoxy groups -OCH3 is 1. The smallest absolute Gasteiger partial charge is 0.340 e. The summed E-state index contributed by atoms with van der Waals surface area (Å²) in [4.78, 5) is 38.2. The maximum Gasteiger partial charge on any atom is 0.340 e. The van der Waals surface area contributed by atoms with E-state index in [2.05, 4.69) is 26.0 Å². The lowest BCUT2D eigenvalue weighted by atomic mass is 10.0. The second kappa shape index (κ2) is 12.2. The summed E-state index contributed by atoms with van der Waals surface area (Å²) in [7, 11) is 1.39. The van der Waals surface area contributed by atoms with Gasteiger partial charge >= 0.3 is 17.9 Å². The summed E-state index contributed by atoms with van der Waals surface area (Å²) in [6.07, 6.45) is 1.33. The third-order valence-electron chi connectivity index (χ3n) is 7.12. The normalized spacial score (nSPS) is 11.2. The summed E-state index contributed by atoms with van der Waals surface area (Å²) in [6.45, 7) is 8.04. The molecule has 0 aliphatic heterocycles. The average Bonchev–Trinajstić information content (AvgIpc) is 3.18. The molecule has 7 nitrogen and oxygen atoms in total. The first kappa shape index (κ1) is 28.6. The molecule has 0 aromatic carbocycles. The Bertz CT molecular complexity index is 1450. The molecule has 0 unspecified atom stereocenters. The predicted octanol–water partition coefficient (Wildman–Crippen LogP) is 6.53. The standard InChI is InChI=1S/C33H35NO6/c1-6-39-32(36)28-24-15-12-20(13-16-25(24)29(30(28)34)33(37)40-7-2)11-14-22-18-27(31(35)38-5)26-17-21(19(3)4)9-8-10-23(22)26/h8-10,12-13,15-19H,6-7,11,14,34H2,1-5H3. The van der Waals surface area contributed by atoms with E-state index in [1.54, 1.807) is 26.0 Å². The Hall–Kier alpha value is -4.39. The molecule has 4 aliphatic rings. The Kier molecular flexibility index (Phi) is 8.73. The number of ether oxygens (including phenoxy) is 3. The van der Waals surface area contributed by atoms with Crippen LogP contribution in [0.4, 0.5) is 5.69 Å². The number of esters is 3. The largest absolute Gasteiger partial charge is 0.465 e. The summed E-state index contributed by atoms with van der Waals surface area (Å²) < 4.78 is 15.5. The Balaban J connectivity index is 1.73. The van der Waals surface area contributed by atoms with E-state index in [0.29, 0.717) is 35.4 Å². The van der Waals surface area contributed by atoms with Gasteiger partial charge in [-0.1, -0.05) is 62.4 Å². The molecule has 7 heteroatoms. The second-order valence-corrected chi connectivity index (χ2v) is 9.90. The average molecular weight is 542 g/mol. The molecule has 0 heterocycles. The molecule has 0 spiro atoms. The number of fused-ring (bicyclic) bond motifs is 2. The van der Waals surface area contributed by atoms with Gasteiger partial charge in [0.25, 0.3) is 0 Å². The van der Waals surface area contributed by atoms with Crippen LogP contribution in [0, 0.1) is 0 Å². The molecule has 208 valence electrons. The molecule has 0 aromatic rings. The lowest BCUT2D eigenvalue weighted by Gasteiger charge is -2.05. The van der Waals surface area contributed by atoms with Crippen LogP contribution in [0.3, 0.4) is 0 Å². The zero-order valence-corrected chi connectivity index (χ0v) is 23.6. The number of nitrogen functional groups attached to an aromatic ring is 1. The molecule has 0 saturated heterocycles. The number of nitrogens with two attached hydrogens (primary N) is 1. The van der Waals surface area contributed by atoms with Gasteiger partial charge in [0.1, 0.15) is 0 Å². The van der Waals surface area contributed by atoms with Gasteiger partial charge in [0.2, 0.25) is 0 Å². The number of carbonyl (C=O) groups excluding carboxylic acids is 3. The fraction of sp³-hybridized carbons (Fsp3) is 0.303. The van der Waals surface area contributed by atoms with Crippen molar-refractivity contribution in [2.45, 2.75) is 46.5 Å². The van der Waals surface area contributed by atoms with Crippen molar-refractivity contribution in [3.05, 3.63) is 88.0 Å². The molecule has 0 fully saturated rings. The van der Waals surface area contributed by atoms with E-state index in [4.69, 9.17) is 19.9 Å². The van der Waals surface area contributed by atoms with Crippen LogP contribution in [0.1, 0.15) is 81.4 Å². The first-order valence-corrected chi connectivity index (χ1v) is 13.5. The maximum atomic E-state index is 12.8. The second-order valence-electron chi connectivity index (χ2n) is 9.90. The number of hydrogen-bond donors (Lipinski definition) is 1. The highest BCUT2D eigenvalue weighted by molar-refractivity contribution is 6.15. The van der Waals surface area contributed by atoms with Gasteiger partial charge in [-0.05, 0) is 77.6 Å². The summed E-state index contributed by atoms with van der Waals surface area (Å²) in [6, 6.07) is 17.6. The van der Waals surface area contributed by atoms with Crippen LogP contribution >= 0.6 is 0 Å². The van der Waals surface area contributed by atoms with Gasteiger partial charge in [-0.2, -0.15) is 0 Å². The van der Waals surface area contributed by atoms with E-state index in [1.165, 1.54) is 7.11 Å². The van der Waals surface area contributed by atoms with Crippen LogP contribution < -0.4 is 5.73 Å². The number of rotatable bonds is 9. The molecule has 40 heavy (non-hydrogen) atoms. The summed E-state index contributed by atoms with van der Waals surface area (Å²) in [5, 5.41) is 0. The lowest BCUT2D eigenvalue weighted by Crippen LogP contribution is -2.09. The van der Waals surface area contributed by atoms with Crippen molar-refractivity contribution in [2.75, 3.05) is 26.1 Å². The van der Waals surface area contributed by atoms with Gasteiger partial charge in [0.05, 0.1) is 42.7 Å². The molecular formula is C33H35NO6. The van der Waals surface area contributed by atoms with Gasteiger partial charge in [-0.25, -0.2) is 14.4 Å². The van der Waals surface area contributed by atoms with Crippen molar-refractivity contribution in [3.8, 4) is 22.3 Å². The van der Waals surface area contributed by atoms with E-state index >= 15 is 0 Å². The van der Waals surface area contributed by atoms with Gasteiger partial charge < -0.3 is 19.9 Å². The summed E-state index contributed by atoms with van der Waals surface area (Å²) >= 11 is 0. The lowest BCUT2D eigenvalue weighted by molar-refractivity contribution is 0.0525. The van der Waals surface area contributed by atoms with Gasteiger partial charge in [0, 0.05) is 0 Å². The Morgan fingerprint density at radius 3 is 1.88 bits per heavy atom. The van der Waals surface area contributed by atoms with Crippen LogP contribution in [0.15, 0.2) is 54.6 Å². The first-order valence-electron chi connectivity index (χ1n) is 13.5.